The first kappa shape index (κ1) is 10.6. The first-order chi connectivity index (χ1) is 7.82. The summed E-state index contributed by atoms with van der Waals surface area (Å²) in [7, 11) is 0. The molecule has 1 atom stereocenters. The maximum Gasteiger partial charge on any atom is 0.122 e. The number of rotatable bonds is 2. The monoisotopic (exact) mass is 219 g/mol. The Bertz CT molecular complexity index is 295. The van der Waals surface area contributed by atoms with E-state index >= 15 is 0 Å². The Morgan fingerprint density at radius 1 is 1.12 bits per heavy atom. The molecule has 1 unspecified atom stereocenters. The van der Waals surface area contributed by atoms with Gasteiger partial charge in [-0.25, -0.2) is 0 Å². The van der Waals surface area contributed by atoms with Gasteiger partial charge in [0.05, 0.1) is 6.07 Å². The van der Waals surface area contributed by atoms with Gasteiger partial charge in [0.1, 0.15) is 5.54 Å². The Balaban J connectivity index is 1.75. The molecule has 1 aliphatic carbocycles. The van der Waals surface area contributed by atoms with Crippen LogP contribution in [0.5, 0.6) is 0 Å². The van der Waals surface area contributed by atoms with Gasteiger partial charge >= 0.3 is 0 Å². The maximum atomic E-state index is 9.58. The van der Waals surface area contributed by atoms with E-state index in [-0.39, 0.29) is 5.54 Å². The van der Waals surface area contributed by atoms with Gasteiger partial charge in [-0.1, -0.05) is 12.8 Å². The van der Waals surface area contributed by atoms with Gasteiger partial charge in [-0.05, 0) is 44.7 Å². The van der Waals surface area contributed by atoms with Crippen LogP contribution >= 0.6 is 0 Å². The number of nitrogens with one attached hydrogen (secondary N) is 1. The van der Waals surface area contributed by atoms with Gasteiger partial charge in [-0.3, -0.25) is 5.32 Å². The molecule has 4 rings (SSSR count). The highest BCUT2D eigenvalue weighted by atomic mass is 15.2. The van der Waals surface area contributed by atoms with E-state index in [1.165, 1.54) is 51.6 Å². The molecule has 0 aromatic carbocycles. The topological polar surface area (TPSA) is 39.1 Å². The van der Waals surface area contributed by atoms with Gasteiger partial charge in [-0.15, -0.1) is 0 Å². The van der Waals surface area contributed by atoms with E-state index in [0.29, 0.717) is 12.0 Å². The highest BCUT2D eigenvalue weighted by Crippen LogP contribution is 2.36. The van der Waals surface area contributed by atoms with Crippen molar-refractivity contribution in [3.63, 3.8) is 0 Å². The van der Waals surface area contributed by atoms with Crippen molar-refractivity contribution in [2.75, 3.05) is 19.6 Å². The molecule has 3 nitrogen and oxygen atoms in total. The summed E-state index contributed by atoms with van der Waals surface area (Å²) in [6.45, 7) is 3.38. The van der Waals surface area contributed by atoms with Crippen LogP contribution in [-0.2, 0) is 0 Å². The van der Waals surface area contributed by atoms with E-state index in [9.17, 15) is 5.26 Å². The number of hydrogen-bond acceptors (Lipinski definition) is 3. The van der Waals surface area contributed by atoms with Gasteiger partial charge in [-0.2, -0.15) is 5.26 Å². The van der Waals surface area contributed by atoms with Gasteiger partial charge in [0.25, 0.3) is 0 Å². The summed E-state index contributed by atoms with van der Waals surface area (Å²) in [6.07, 6.45) is 7.66. The first-order valence-electron chi connectivity index (χ1n) is 6.74. The Hall–Kier alpha value is -0.590. The zero-order valence-corrected chi connectivity index (χ0v) is 9.91. The van der Waals surface area contributed by atoms with Gasteiger partial charge < -0.3 is 4.90 Å². The SMILES string of the molecule is N#CC1(NC2CCCC2)CN2CCC1CC2. The normalized spacial score (nSPS) is 43.4. The average molecular weight is 219 g/mol. The second kappa shape index (κ2) is 4.01. The molecular formula is C13H21N3. The molecule has 3 heteroatoms. The van der Waals surface area contributed by atoms with Crippen LogP contribution in [0.2, 0.25) is 0 Å². The molecular weight excluding hydrogens is 198 g/mol. The van der Waals surface area contributed by atoms with E-state index in [1.54, 1.807) is 0 Å². The molecule has 3 heterocycles. The molecule has 4 aliphatic rings. The molecule has 0 aromatic heterocycles. The van der Waals surface area contributed by atoms with E-state index < -0.39 is 0 Å². The van der Waals surface area contributed by atoms with Gasteiger partial charge in [0.2, 0.25) is 0 Å². The second-order valence-corrected chi connectivity index (χ2v) is 5.76. The molecule has 0 amide bonds. The van der Waals surface area contributed by atoms with Crippen LogP contribution in [-0.4, -0.2) is 36.1 Å². The van der Waals surface area contributed by atoms with Crippen molar-refractivity contribution >= 4 is 0 Å². The Labute approximate surface area is 97.8 Å². The zero-order chi connectivity index (χ0) is 11.0. The predicted molar refractivity (Wildman–Crippen MR) is 62.9 cm³/mol. The Morgan fingerprint density at radius 3 is 2.31 bits per heavy atom. The molecule has 88 valence electrons. The summed E-state index contributed by atoms with van der Waals surface area (Å²) < 4.78 is 0. The quantitative estimate of drug-likeness (QED) is 0.765. The van der Waals surface area contributed by atoms with Crippen molar-refractivity contribution in [3.8, 4) is 6.07 Å². The number of nitriles is 1. The highest BCUT2D eigenvalue weighted by molar-refractivity contribution is 5.17. The van der Waals surface area contributed by atoms with Crippen molar-refractivity contribution in [1.29, 1.82) is 5.26 Å². The van der Waals surface area contributed by atoms with E-state index in [0.717, 1.165) is 6.54 Å². The van der Waals surface area contributed by atoms with E-state index in [4.69, 9.17) is 0 Å². The minimum atomic E-state index is -0.217. The molecule has 1 N–H and O–H groups in total. The van der Waals surface area contributed by atoms with Crippen molar-refractivity contribution in [3.05, 3.63) is 0 Å². The summed E-state index contributed by atoms with van der Waals surface area (Å²) in [4.78, 5) is 2.46. The first-order valence-corrected chi connectivity index (χ1v) is 6.74. The van der Waals surface area contributed by atoms with Crippen molar-refractivity contribution < 1.29 is 0 Å². The molecule has 0 spiro atoms. The lowest BCUT2D eigenvalue weighted by Gasteiger charge is -2.51. The van der Waals surface area contributed by atoms with Crippen LogP contribution in [0.4, 0.5) is 0 Å². The molecule has 0 radical (unpaired) electrons. The van der Waals surface area contributed by atoms with Crippen molar-refractivity contribution in [2.45, 2.75) is 50.1 Å². The molecule has 1 saturated carbocycles. The number of fused-ring (bicyclic) bond motifs is 3. The Morgan fingerprint density at radius 2 is 1.81 bits per heavy atom. The lowest BCUT2D eigenvalue weighted by molar-refractivity contribution is 0.0309. The highest BCUT2D eigenvalue weighted by Gasteiger charge is 2.48. The number of hydrogen-bond donors (Lipinski definition) is 1. The standard InChI is InChI=1S/C13H21N3/c14-9-13(15-12-3-1-2-4-12)10-16-7-5-11(13)6-8-16/h11-12,15H,1-8,10H2. The largest absolute Gasteiger partial charge is 0.300 e. The fourth-order valence-electron chi connectivity index (χ4n) is 3.82. The third-order valence-electron chi connectivity index (χ3n) is 4.77. The number of nitrogens with zero attached hydrogens (tertiary/aromatic N) is 2. The third kappa shape index (κ3) is 1.65. The smallest absolute Gasteiger partial charge is 0.122 e. The van der Waals surface area contributed by atoms with Crippen LogP contribution < -0.4 is 5.32 Å². The Kier molecular flexibility index (Phi) is 2.65. The fourth-order valence-corrected chi connectivity index (χ4v) is 3.82. The van der Waals surface area contributed by atoms with Crippen LogP contribution in [0.15, 0.2) is 0 Å². The summed E-state index contributed by atoms with van der Waals surface area (Å²) >= 11 is 0. The van der Waals surface area contributed by atoms with E-state index in [1.807, 2.05) is 0 Å². The summed E-state index contributed by atoms with van der Waals surface area (Å²) in [6, 6.07) is 3.23. The zero-order valence-electron chi connectivity index (χ0n) is 9.91. The molecule has 0 aromatic rings. The van der Waals surface area contributed by atoms with Gasteiger partial charge in [0.15, 0.2) is 0 Å². The van der Waals surface area contributed by atoms with Crippen molar-refractivity contribution in [1.82, 2.24) is 10.2 Å². The maximum absolute atomic E-state index is 9.58. The average Bonchev–Trinajstić information content (AvgIpc) is 2.83. The minimum absolute atomic E-state index is 0.217. The molecule has 2 bridgehead atoms. The number of piperidine rings is 3. The fraction of sp³-hybridized carbons (Fsp3) is 0.923. The second-order valence-electron chi connectivity index (χ2n) is 5.76. The van der Waals surface area contributed by atoms with Gasteiger partial charge in [0, 0.05) is 12.6 Å². The summed E-state index contributed by atoms with van der Waals surface area (Å²) in [5.41, 5.74) is -0.217. The summed E-state index contributed by atoms with van der Waals surface area (Å²) in [5, 5.41) is 13.3. The minimum Gasteiger partial charge on any atom is -0.300 e. The van der Waals surface area contributed by atoms with Crippen LogP contribution in [0.3, 0.4) is 0 Å². The summed E-state index contributed by atoms with van der Waals surface area (Å²) in [5.74, 6) is 0.600. The van der Waals surface area contributed by atoms with Crippen molar-refractivity contribution in [2.24, 2.45) is 5.92 Å². The van der Waals surface area contributed by atoms with Crippen LogP contribution in [0.25, 0.3) is 0 Å². The molecule has 4 fully saturated rings. The van der Waals surface area contributed by atoms with E-state index in [2.05, 4.69) is 16.3 Å². The predicted octanol–water partition coefficient (Wildman–Crippen LogP) is 1.51. The lowest BCUT2D eigenvalue weighted by Crippen LogP contribution is -2.66. The molecule has 16 heavy (non-hydrogen) atoms. The van der Waals surface area contributed by atoms with Crippen LogP contribution in [0.1, 0.15) is 38.5 Å². The lowest BCUT2D eigenvalue weighted by atomic mass is 9.73. The third-order valence-corrected chi connectivity index (χ3v) is 4.77. The molecule has 3 saturated heterocycles. The van der Waals surface area contributed by atoms with Crippen LogP contribution in [0, 0.1) is 17.2 Å². The molecule has 3 aliphatic heterocycles.